The van der Waals surface area contributed by atoms with Crippen LogP contribution in [0.3, 0.4) is 0 Å². The molecule has 1 heterocycles. The molecule has 2 aromatic rings. The molecule has 7 heteroatoms. The number of aromatic nitrogens is 1. The van der Waals surface area contributed by atoms with Gasteiger partial charge in [0, 0.05) is 24.3 Å². The van der Waals surface area contributed by atoms with Crippen LogP contribution in [0.5, 0.6) is 11.5 Å². The summed E-state index contributed by atoms with van der Waals surface area (Å²) in [5.41, 5.74) is 3.38. The Labute approximate surface area is 176 Å². The monoisotopic (exact) mass is 415 g/mol. The number of carbonyl (C=O) groups is 2. The number of methoxy groups -OCH3 is 2. The topological polar surface area (TPSA) is 86.9 Å². The Kier molecular flexibility index (Phi) is 7.15. The van der Waals surface area contributed by atoms with Gasteiger partial charge in [0.05, 0.1) is 20.8 Å². The van der Waals surface area contributed by atoms with Crippen molar-refractivity contribution in [3.8, 4) is 11.5 Å². The minimum atomic E-state index is -0.461. The van der Waals surface area contributed by atoms with E-state index in [1.807, 2.05) is 25.1 Å². The summed E-state index contributed by atoms with van der Waals surface area (Å²) in [7, 11) is 3.18. The van der Waals surface area contributed by atoms with Gasteiger partial charge in [-0.3, -0.25) is 4.79 Å². The van der Waals surface area contributed by atoms with Gasteiger partial charge in [-0.2, -0.15) is 0 Å². The maximum Gasteiger partial charge on any atom is 0.355 e. The van der Waals surface area contributed by atoms with E-state index >= 15 is 0 Å². The van der Waals surface area contributed by atoms with Crippen molar-refractivity contribution in [1.82, 2.24) is 4.98 Å². The van der Waals surface area contributed by atoms with Crippen LogP contribution in [0, 0.1) is 6.92 Å². The van der Waals surface area contributed by atoms with E-state index < -0.39 is 5.97 Å². The Bertz CT molecular complexity index is 917. The lowest BCUT2D eigenvalue weighted by Crippen LogP contribution is -2.18. The Balaban J connectivity index is 1.76. The van der Waals surface area contributed by atoms with Crippen molar-refractivity contribution in [2.45, 2.75) is 39.0 Å². The predicted octanol–water partition coefficient (Wildman–Crippen LogP) is 3.84. The molecule has 1 atom stereocenters. The van der Waals surface area contributed by atoms with E-state index in [0.717, 1.165) is 17.7 Å². The first-order chi connectivity index (χ1) is 14.5. The maximum absolute atomic E-state index is 12.9. The molecule has 0 bridgehead atoms. The molecule has 0 saturated heterocycles. The van der Waals surface area contributed by atoms with Crippen molar-refractivity contribution in [2.75, 3.05) is 34.0 Å². The smallest absolute Gasteiger partial charge is 0.355 e. The fourth-order valence-corrected chi connectivity index (χ4v) is 3.89. The molecule has 0 aliphatic heterocycles. The molecule has 7 nitrogen and oxygen atoms in total. The molecule has 1 aliphatic rings. The number of esters is 1. The highest BCUT2D eigenvalue weighted by atomic mass is 16.6. The fraction of sp³-hybridized carbons (Fsp3) is 0.478. The van der Waals surface area contributed by atoms with Gasteiger partial charge in [-0.15, -0.1) is 0 Å². The second-order valence-electron chi connectivity index (χ2n) is 7.37. The molecule has 162 valence electrons. The molecule has 0 radical (unpaired) electrons. The molecule has 0 fully saturated rings. The third-order valence-corrected chi connectivity index (χ3v) is 5.38. The number of aromatic amines is 1. The summed E-state index contributed by atoms with van der Waals surface area (Å²) in [6.07, 6.45) is 1.92. The number of Topliss-reactive ketones (excluding diaryl/α,β-unsaturated/α-hetero) is 1. The zero-order valence-electron chi connectivity index (χ0n) is 18.0. The van der Waals surface area contributed by atoms with Crippen LogP contribution in [0.25, 0.3) is 0 Å². The number of hydrogen-bond acceptors (Lipinski definition) is 6. The molecule has 1 N–H and O–H groups in total. The number of hydrogen-bond donors (Lipinski definition) is 1. The van der Waals surface area contributed by atoms with Crippen LogP contribution in [0.4, 0.5) is 0 Å². The third-order valence-electron chi connectivity index (χ3n) is 5.38. The summed E-state index contributed by atoms with van der Waals surface area (Å²) < 4.78 is 21.3. The largest absolute Gasteiger partial charge is 0.493 e. The molecular formula is C23H29NO6. The van der Waals surface area contributed by atoms with E-state index in [0.29, 0.717) is 54.4 Å². The van der Waals surface area contributed by atoms with Gasteiger partial charge in [-0.1, -0.05) is 13.0 Å². The first-order valence-electron chi connectivity index (χ1n) is 10.2. The van der Waals surface area contributed by atoms with Crippen LogP contribution in [0.15, 0.2) is 18.2 Å². The van der Waals surface area contributed by atoms with Gasteiger partial charge >= 0.3 is 5.97 Å². The van der Waals surface area contributed by atoms with Gasteiger partial charge in [-0.05, 0) is 48.9 Å². The average molecular weight is 415 g/mol. The van der Waals surface area contributed by atoms with Crippen LogP contribution in [-0.4, -0.2) is 50.8 Å². The lowest BCUT2D eigenvalue weighted by molar-refractivity contribution is 0.0312. The molecular weight excluding hydrogens is 386 g/mol. The standard InChI is InChI=1S/C23H29NO6/c1-5-8-29-9-10-30-23(26)22-14(2)21-17(24-22)11-16(12-18(21)25)15-6-7-19(27-3)20(13-15)28-4/h6-7,13,16,24H,5,8-12H2,1-4H3/t16-/m1/s1. The zero-order valence-corrected chi connectivity index (χ0v) is 18.0. The molecule has 0 spiro atoms. The number of ether oxygens (including phenoxy) is 4. The highest BCUT2D eigenvalue weighted by Crippen LogP contribution is 2.38. The third kappa shape index (κ3) is 4.51. The predicted molar refractivity (Wildman–Crippen MR) is 112 cm³/mol. The van der Waals surface area contributed by atoms with Crippen molar-refractivity contribution in [1.29, 1.82) is 0 Å². The van der Waals surface area contributed by atoms with Crippen LogP contribution >= 0.6 is 0 Å². The van der Waals surface area contributed by atoms with Crippen LogP contribution in [0.2, 0.25) is 0 Å². The minimum absolute atomic E-state index is 0.00540. The first kappa shape index (κ1) is 21.9. The van der Waals surface area contributed by atoms with Gasteiger partial charge in [0.1, 0.15) is 12.3 Å². The van der Waals surface area contributed by atoms with Gasteiger partial charge in [0.15, 0.2) is 17.3 Å². The summed E-state index contributed by atoms with van der Waals surface area (Å²) in [6, 6.07) is 5.70. The number of carbonyl (C=O) groups excluding carboxylic acids is 2. The Hall–Kier alpha value is -2.80. The number of benzene rings is 1. The van der Waals surface area contributed by atoms with Gasteiger partial charge in [-0.25, -0.2) is 4.79 Å². The molecule has 3 rings (SSSR count). The molecule has 1 aliphatic carbocycles. The van der Waals surface area contributed by atoms with Crippen molar-refractivity contribution < 1.29 is 28.5 Å². The minimum Gasteiger partial charge on any atom is -0.493 e. The van der Waals surface area contributed by atoms with Gasteiger partial charge in [0.25, 0.3) is 0 Å². The number of nitrogens with one attached hydrogen (secondary N) is 1. The van der Waals surface area contributed by atoms with E-state index in [1.54, 1.807) is 21.1 Å². The Morgan fingerprint density at radius 2 is 1.87 bits per heavy atom. The summed E-state index contributed by atoms with van der Waals surface area (Å²) in [5, 5.41) is 0. The number of ketones is 1. The van der Waals surface area contributed by atoms with Crippen LogP contribution < -0.4 is 9.47 Å². The molecule has 1 aromatic carbocycles. The van der Waals surface area contributed by atoms with Gasteiger partial charge < -0.3 is 23.9 Å². The lowest BCUT2D eigenvalue weighted by Gasteiger charge is -2.23. The van der Waals surface area contributed by atoms with E-state index in [4.69, 9.17) is 18.9 Å². The molecule has 0 unspecified atom stereocenters. The van der Waals surface area contributed by atoms with E-state index in [-0.39, 0.29) is 18.3 Å². The number of H-pyrrole nitrogens is 1. The van der Waals surface area contributed by atoms with Crippen LogP contribution in [0.1, 0.15) is 63.4 Å². The van der Waals surface area contributed by atoms with E-state index in [2.05, 4.69) is 4.98 Å². The maximum atomic E-state index is 12.9. The van der Waals surface area contributed by atoms with Crippen molar-refractivity contribution in [2.24, 2.45) is 0 Å². The summed E-state index contributed by atoms with van der Waals surface area (Å²) in [5.74, 6) is 0.833. The quantitative estimate of drug-likeness (QED) is 0.495. The van der Waals surface area contributed by atoms with Gasteiger partial charge in [0.2, 0.25) is 0 Å². The zero-order chi connectivity index (χ0) is 21.7. The summed E-state index contributed by atoms with van der Waals surface area (Å²) >= 11 is 0. The number of fused-ring (bicyclic) bond motifs is 1. The highest BCUT2D eigenvalue weighted by molar-refractivity contribution is 6.03. The second-order valence-corrected chi connectivity index (χ2v) is 7.37. The molecule has 1 aromatic heterocycles. The summed E-state index contributed by atoms with van der Waals surface area (Å²) in [6.45, 7) is 4.99. The Morgan fingerprint density at radius 3 is 2.57 bits per heavy atom. The van der Waals surface area contributed by atoms with E-state index in [9.17, 15) is 9.59 Å². The highest BCUT2D eigenvalue weighted by Gasteiger charge is 2.32. The average Bonchev–Trinajstić information content (AvgIpc) is 3.09. The Morgan fingerprint density at radius 1 is 1.10 bits per heavy atom. The molecule has 30 heavy (non-hydrogen) atoms. The first-order valence-corrected chi connectivity index (χ1v) is 10.2. The van der Waals surface area contributed by atoms with Crippen molar-refractivity contribution >= 4 is 11.8 Å². The molecule has 0 amide bonds. The summed E-state index contributed by atoms with van der Waals surface area (Å²) in [4.78, 5) is 28.5. The van der Waals surface area contributed by atoms with Crippen molar-refractivity contribution in [3.63, 3.8) is 0 Å². The number of rotatable bonds is 9. The lowest BCUT2D eigenvalue weighted by atomic mass is 9.81. The molecule has 0 saturated carbocycles. The van der Waals surface area contributed by atoms with Crippen LogP contribution in [-0.2, 0) is 15.9 Å². The van der Waals surface area contributed by atoms with E-state index in [1.165, 1.54) is 0 Å². The van der Waals surface area contributed by atoms with Crippen molar-refractivity contribution in [3.05, 3.63) is 46.3 Å². The SMILES string of the molecule is CCCOCCOC(=O)c1[nH]c2c(c1C)C(=O)C[C@H](c1ccc(OC)c(OC)c1)C2. The fourth-order valence-electron chi connectivity index (χ4n) is 3.89. The second kappa shape index (κ2) is 9.80. The normalized spacial score (nSPS) is 15.6.